The lowest BCUT2D eigenvalue weighted by molar-refractivity contribution is -0.142. The summed E-state index contributed by atoms with van der Waals surface area (Å²) in [7, 11) is 1.59. The van der Waals surface area contributed by atoms with Gasteiger partial charge >= 0.3 is 12.1 Å². The van der Waals surface area contributed by atoms with E-state index in [1.807, 2.05) is 13.8 Å². The maximum absolute atomic E-state index is 11.5. The number of esters is 1. The summed E-state index contributed by atoms with van der Waals surface area (Å²) in [6.07, 6.45) is 2.71. The van der Waals surface area contributed by atoms with Gasteiger partial charge < -0.3 is 4.74 Å². The summed E-state index contributed by atoms with van der Waals surface area (Å²) >= 11 is 2.61. The summed E-state index contributed by atoms with van der Waals surface area (Å²) in [5.74, 6) is -0.266. The van der Waals surface area contributed by atoms with Crippen LogP contribution < -0.4 is 0 Å². The van der Waals surface area contributed by atoms with Crippen LogP contribution in [0.25, 0.3) is 0 Å². The number of nitrogens with zero attached hydrogens (tertiary/aromatic N) is 2. The minimum absolute atomic E-state index is 0.266. The average molecular weight is 322 g/mol. The van der Waals surface area contributed by atoms with E-state index >= 15 is 0 Å². The second-order valence-electron chi connectivity index (χ2n) is 4.39. The fraction of sp³-hybridized carbons (Fsp3) is 0.750. The normalized spacial score (nSPS) is 13.1. The standard InChI is InChI=1S/C12H22N2O4S2/c1-7-17-10(15)9(2)20-12(3,4)8-13-18-11(16)14(5)19-6/h8-9H,7H2,1-6H3. The number of oxime groups is 1. The molecular weight excluding hydrogens is 300 g/mol. The number of amides is 1. The Bertz CT molecular complexity index is 361. The number of rotatable bonds is 7. The molecule has 1 amide bonds. The molecule has 0 radical (unpaired) electrons. The topological polar surface area (TPSA) is 68.2 Å². The highest BCUT2D eigenvalue weighted by molar-refractivity contribution is 8.02. The van der Waals surface area contributed by atoms with Gasteiger partial charge in [0.25, 0.3) is 0 Å². The molecule has 0 rings (SSSR count). The van der Waals surface area contributed by atoms with Crippen molar-refractivity contribution in [1.29, 1.82) is 0 Å². The van der Waals surface area contributed by atoms with E-state index in [0.29, 0.717) is 6.61 Å². The SMILES string of the molecule is CCOC(=O)C(C)SC(C)(C)C=NOC(=O)N(C)SC. The highest BCUT2D eigenvalue weighted by Crippen LogP contribution is 2.27. The van der Waals surface area contributed by atoms with Crippen molar-refractivity contribution in [2.45, 2.75) is 37.7 Å². The second kappa shape index (κ2) is 9.12. The molecule has 1 unspecified atom stereocenters. The zero-order valence-corrected chi connectivity index (χ0v) is 14.3. The van der Waals surface area contributed by atoms with E-state index in [4.69, 9.17) is 9.57 Å². The van der Waals surface area contributed by atoms with Crippen molar-refractivity contribution in [1.82, 2.24) is 4.31 Å². The molecule has 0 aliphatic rings. The van der Waals surface area contributed by atoms with Crippen molar-refractivity contribution in [3.8, 4) is 0 Å². The van der Waals surface area contributed by atoms with Crippen LogP contribution in [0.1, 0.15) is 27.7 Å². The van der Waals surface area contributed by atoms with Crippen LogP contribution in [0.15, 0.2) is 5.16 Å². The molecule has 0 aromatic rings. The van der Waals surface area contributed by atoms with Gasteiger partial charge in [-0.2, -0.15) is 0 Å². The third-order valence-electron chi connectivity index (χ3n) is 2.12. The lowest BCUT2D eigenvalue weighted by Crippen LogP contribution is -2.27. The Morgan fingerprint density at radius 1 is 1.45 bits per heavy atom. The van der Waals surface area contributed by atoms with Gasteiger partial charge in [-0.1, -0.05) is 5.16 Å². The molecule has 6 nitrogen and oxygen atoms in total. The summed E-state index contributed by atoms with van der Waals surface area (Å²) < 4.78 is 5.80. The predicted molar refractivity (Wildman–Crippen MR) is 84.0 cm³/mol. The first-order valence-electron chi connectivity index (χ1n) is 6.11. The van der Waals surface area contributed by atoms with Crippen molar-refractivity contribution in [3.05, 3.63) is 0 Å². The summed E-state index contributed by atoms with van der Waals surface area (Å²) in [6.45, 7) is 7.65. The zero-order valence-electron chi connectivity index (χ0n) is 12.7. The van der Waals surface area contributed by atoms with Crippen molar-refractivity contribution in [2.75, 3.05) is 19.9 Å². The molecule has 0 bridgehead atoms. The van der Waals surface area contributed by atoms with Crippen LogP contribution in [0, 0.1) is 0 Å². The largest absolute Gasteiger partial charge is 0.465 e. The molecule has 20 heavy (non-hydrogen) atoms. The van der Waals surface area contributed by atoms with Crippen LogP contribution >= 0.6 is 23.7 Å². The summed E-state index contributed by atoms with van der Waals surface area (Å²) in [6, 6.07) is 0. The molecule has 0 aliphatic heterocycles. The maximum Gasteiger partial charge on any atom is 0.445 e. The quantitative estimate of drug-likeness (QED) is 0.236. The third kappa shape index (κ3) is 7.64. The van der Waals surface area contributed by atoms with Gasteiger partial charge in [0.1, 0.15) is 5.25 Å². The molecule has 0 N–H and O–H groups in total. The molecule has 0 aromatic heterocycles. The van der Waals surface area contributed by atoms with Gasteiger partial charge in [0.15, 0.2) is 0 Å². The van der Waals surface area contributed by atoms with E-state index in [2.05, 4.69) is 5.16 Å². The number of ether oxygens (including phenoxy) is 1. The minimum Gasteiger partial charge on any atom is -0.465 e. The monoisotopic (exact) mass is 322 g/mol. The second-order valence-corrected chi connectivity index (χ2v) is 7.30. The Morgan fingerprint density at radius 3 is 2.55 bits per heavy atom. The fourth-order valence-electron chi connectivity index (χ4n) is 1.12. The summed E-state index contributed by atoms with van der Waals surface area (Å²) in [4.78, 5) is 27.6. The molecule has 0 aromatic carbocycles. The third-order valence-corrected chi connectivity index (χ3v) is 4.08. The van der Waals surface area contributed by atoms with E-state index in [9.17, 15) is 9.59 Å². The van der Waals surface area contributed by atoms with E-state index in [0.717, 1.165) is 0 Å². The van der Waals surface area contributed by atoms with Crippen molar-refractivity contribution in [2.24, 2.45) is 5.16 Å². The van der Waals surface area contributed by atoms with Gasteiger partial charge in [0.2, 0.25) is 0 Å². The molecule has 116 valence electrons. The first-order chi connectivity index (χ1) is 9.23. The molecule has 0 spiro atoms. The van der Waals surface area contributed by atoms with E-state index in [-0.39, 0.29) is 11.2 Å². The Labute approximate surface area is 128 Å². The minimum atomic E-state index is -0.548. The van der Waals surface area contributed by atoms with Crippen LogP contribution in [0.5, 0.6) is 0 Å². The van der Waals surface area contributed by atoms with E-state index in [1.165, 1.54) is 34.2 Å². The molecule has 8 heteroatoms. The van der Waals surface area contributed by atoms with E-state index < -0.39 is 10.8 Å². The van der Waals surface area contributed by atoms with Crippen LogP contribution in [-0.2, 0) is 14.4 Å². The Morgan fingerprint density at radius 2 is 2.05 bits per heavy atom. The molecule has 0 fully saturated rings. The zero-order chi connectivity index (χ0) is 15.8. The molecule has 0 heterocycles. The van der Waals surface area contributed by atoms with Gasteiger partial charge in [-0.25, -0.2) is 4.79 Å². The molecule has 0 saturated heterocycles. The number of carbonyl (C=O) groups is 2. The van der Waals surface area contributed by atoms with E-state index in [1.54, 1.807) is 27.2 Å². The van der Waals surface area contributed by atoms with Gasteiger partial charge in [0.05, 0.1) is 12.8 Å². The van der Waals surface area contributed by atoms with Crippen LogP contribution in [-0.4, -0.2) is 52.5 Å². The first kappa shape index (κ1) is 19.1. The van der Waals surface area contributed by atoms with Gasteiger partial charge in [0, 0.05) is 18.1 Å². The van der Waals surface area contributed by atoms with Crippen LogP contribution in [0.4, 0.5) is 4.79 Å². The van der Waals surface area contributed by atoms with Crippen molar-refractivity contribution < 1.29 is 19.2 Å². The Balaban J connectivity index is 4.37. The Kier molecular flexibility index (Phi) is 8.71. The van der Waals surface area contributed by atoms with Crippen LogP contribution in [0.3, 0.4) is 0 Å². The highest BCUT2D eigenvalue weighted by Gasteiger charge is 2.25. The highest BCUT2D eigenvalue weighted by atomic mass is 32.2. The number of thioether (sulfide) groups is 1. The van der Waals surface area contributed by atoms with Gasteiger partial charge in [-0.3, -0.25) is 13.9 Å². The molecule has 1 atom stereocenters. The van der Waals surface area contributed by atoms with Crippen LogP contribution in [0.2, 0.25) is 0 Å². The summed E-state index contributed by atoms with van der Waals surface area (Å²) in [5, 5.41) is 3.35. The number of carbonyl (C=O) groups excluding carboxylic acids is 2. The Hall–Kier alpha value is -0.890. The van der Waals surface area contributed by atoms with Gasteiger partial charge in [-0.05, 0) is 39.6 Å². The smallest absolute Gasteiger partial charge is 0.445 e. The fourth-order valence-corrected chi connectivity index (χ4v) is 2.49. The lowest BCUT2D eigenvalue weighted by Gasteiger charge is -2.22. The van der Waals surface area contributed by atoms with Crippen molar-refractivity contribution in [3.63, 3.8) is 0 Å². The lowest BCUT2D eigenvalue weighted by atomic mass is 10.2. The first-order valence-corrected chi connectivity index (χ1v) is 8.17. The number of hydrogen-bond acceptors (Lipinski definition) is 7. The predicted octanol–water partition coefficient (Wildman–Crippen LogP) is 2.78. The molecule has 0 aliphatic carbocycles. The molecule has 0 saturated carbocycles. The molecular formula is C12H22N2O4S2. The average Bonchev–Trinajstić information content (AvgIpc) is 2.36. The maximum atomic E-state index is 11.5. The van der Waals surface area contributed by atoms with Crippen molar-refractivity contribution >= 4 is 42.0 Å². The summed E-state index contributed by atoms with van der Waals surface area (Å²) in [5.41, 5.74) is 0. The van der Waals surface area contributed by atoms with Gasteiger partial charge in [-0.15, -0.1) is 11.8 Å². The number of hydrogen-bond donors (Lipinski definition) is 0.